The van der Waals surface area contributed by atoms with Crippen LogP contribution < -0.4 is 5.32 Å². The topological polar surface area (TPSA) is 75.4 Å². The number of nitrogens with zero attached hydrogens (tertiary/aromatic N) is 2. The van der Waals surface area contributed by atoms with Crippen LogP contribution in [0.2, 0.25) is 0 Å². The number of anilines is 1. The van der Waals surface area contributed by atoms with E-state index in [1.54, 1.807) is 13.0 Å². The maximum Gasteiger partial charge on any atom is 0.238 e. The molecule has 6 nitrogen and oxygen atoms in total. The first-order valence-corrected chi connectivity index (χ1v) is 10.7. The smallest absolute Gasteiger partial charge is 0.238 e. The van der Waals surface area contributed by atoms with Crippen LogP contribution in [-0.4, -0.2) is 45.0 Å². The van der Waals surface area contributed by atoms with Crippen molar-refractivity contribution < 1.29 is 14.1 Å². The third-order valence-electron chi connectivity index (χ3n) is 5.31. The molecular formula is C19H29N3O3S. The van der Waals surface area contributed by atoms with Gasteiger partial charge in [0, 0.05) is 18.2 Å². The molecular weight excluding hydrogens is 350 g/mol. The molecule has 144 valence electrons. The third kappa shape index (κ3) is 5.02. The molecule has 26 heavy (non-hydrogen) atoms. The molecule has 1 N–H and O–H groups in total. The lowest BCUT2D eigenvalue weighted by Crippen LogP contribution is -2.45. The number of rotatable bonds is 7. The van der Waals surface area contributed by atoms with E-state index in [0.717, 1.165) is 31.6 Å². The van der Waals surface area contributed by atoms with Crippen LogP contribution in [0, 0.1) is 12.8 Å². The van der Waals surface area contributed by atoms with Gasteiger partial charge in [0.2, 0.25) is 11.8 Å². The minimum absolute atomic E-state index is 0.152. The quantitative estimate of drug-likeness (QED) is 0.783. The second kappa shape index (κ2) is 8.46. The van der Waals surface area contributed by atoms with Gasteiger partial charge in [-0.2, -0.15) is 0 Å². The average molecular weight is 380 g/mol. The zero-order valence-electron chi connectivity index (χ0n) is 15.9. The third-order valence-corrected chi connectivity index (χ3v) is 6.44. The molecule has 1 heterocycles. The molecule has 2 saturated carbocycles. The number of aryl methyl sites for hydroxylation is 1. The molecule has 2 fully saturated rings. The predicted octanol–water partition coefficient (Wildman–Crippen LogP) is 3.61. The Labute approximate surface area is 159 Å². The number of amides is 2. The van der Waals surface area contributed by atoms with Crippen LogP contribution in [0.15, 0.2) is 10.6 Å². The van der Waals surface area contributed by atoms with E-state index in [-0.39, 0.29) is 17.1 Å². The van der Waals surface area contributed by atoms with Crippen molar-refractivity contribution in [3.63, 3.8) is 0 Å². The van der Waals surface area contributed by atoms with Gasteiger partial charge in [0.1, 0.15) is 5.76 Å². The average Bonchev–Trinajstić information content (AvgIpc) is 3.36. The lowest BCUT2D eigenvalue weighted by atomic mass is 9.86. The Balaban J connectivity index is 1.48. The van der Waals surface area contributed by atoms with Gasteiger partial charge in [-0.1, -0.05) is 12.1 Å². The van der Waals surface area contributed by atoms with E-state index in [2.05, 4.69) is 22.3 Å². The van der Waals surface area contributed by atoms with Crippen molar-refractivity contribution in [3.8, 4) is 0 Å². The summed E-state index contributed by atoms with van der Waals surface area (Å²) < 4.78 is 4.95. The van der Waals surface area contributed by atoms with Gasteiger partial charge in [0.15, 0.2) is 5.82 Å². The monoisotopic (exact) mass is 379 g/mol. The fourth-order valence-electron chi connectivity index (χ4n) is 3.58. The van der Waals surface area contributed by atoms with E-state index in [1.807, 2.05) is 6.92 Å². The zero-order chi connectivity index (χ0) is 18.7. The van der Waals surface area contributed by atoms with Crippen molar-refractivity contribution in [2.75, 3.05) is 11.1 Å². The number of thioether (sulfide) groups is 1. The Morgan fingerprint density at radius 2 is 1.88 bits per heavy atom. The first-order chi connectivity index (χ1) is 12.4. The molecule has 1 atom stereocenters. The van der Waals surface area contributed by atoms with Crippen LogP contribution in [-0.2, 0) is 9.59 Å². The van der Waals surface area contributed by atoms with Gasteiger partial charge in [-0.25, -0.2) is 0 Å². The molecule has 2 aliphatic rings. The maximum absolute atomic E-state index is 12.8. The minimum Gasteiger partial charge on any atom is -0.360 e. The fraction of sp³-hybridized carbons (Fsp3) is 0.737. The van der Waals surface area contributed by atoms with E-state index in [9.17, 15) is 9.59 Å². The SMILES string of the molecule is Cc1cc(NC(=O)C(C)SCC(=O)N(C2CCC(C)CC2)C2CC2)no1. The summed E-state index contributed by atoms with van der Waals surface area (Å²) in [6.45, 7) is 5.90. The maximum atomic E-state index is 12.8. The molecule has 1 aromatic heterocycles. The molecule has 7 heteroatoms. The van der Waals surface area contributed by atoms with Crippen LogP contribution in [0.25, 0.3) is 0 Å². The standard InChI is InChI=1S/C19H29N3O3S/c1-12-4-6-15(7-5-12)22(16-8-9-16)18(23)11-26-14(3)19(24)20-17-10-13(2)25-21-17/h10,12,14-16H,4-9,11H2,1-3H3,(H,20,21,24). The Morgan fingerprint density at radius 1 is 1.27 bits per heavy atom. The zero-order valence-corrected chi connectivity index (χ0v) is 16.7. The Morgan fingerprint density at radius 3 is 2.42 bits per heavy atom. The van der Waals surface area contributed by atoms with Gasteiger partial charge >= 0.3 is 0 Å². The van der Waals surface area contributed by atoms with Gasteiger partial charge < -0.3 is 14.7 Å². The van der Waals surface area contributed by atoms with E-state index in [4.69, 9.17) is 4.52 Å². The van der Waals surface area contributed by atoms with E-state index in [0.29, 0.717) is 29.4 Å². The lowest BCUT2D eigenvalue weighted by molar-refractivity contribution is -0.132. The Kier molecular flexibility index (Phi) is 6.27. The fourth-order valence-corrected chi connectivity index (χ4v) is 4.33. The van der Waals surface area contributed by atoms with Gasteiger partial charge in [0.25, 0.3) is 0 Å². The van der Waals surface area contributed by atoms with Gasteiger partial charge in [0.05, 0.1) is 11.0 Å². The van der Waals surface area contributed by atoms with Crippen molar-refractivity contribution in [3.05, 3.63) is 11.8 Å². The highest BCUT2D eigenvalue weighted by molar-refractivity contribution is 8.01. The van der Waals surface area contributed by atoms with Crippen molar-refractivity contribution in [2.45, 2.75) is 76.6 Å². The first kappa shape index (κ1) is 19.3. The summed E-state index contributed by atoms with van der Waals surface area (Å²) in [5, 5.41) is 6.18. The van der Waals surface area contributed by atoms with E-state index in [1.165, 1.54) is 24.6 Å². The van der Waals surface area contributed by atoms with Crippen LogP contribution >= 0.6 is 11.8 Å². The number of nitrogens with one attached hydrogen (secondary N) is 1. The van der Waals surface area contributed by atoms with E-state index >= 15 is 0 Å². The number of carbonyl (C=O) groups is 2. The summed E-state index contributed by atoms with van der Waals surface area (Å²) in [6, 6.07) is 2.51. The first-order valence-electron chi connectivity index (χ1n) is 9.61. The molecule has 0 spiro atoms. The summed E-state index contributed by atoms with van der Waals surface area (Å²) in [7, 11) is 0. The van der Waals surface area contributed by atoms with Gasteiger partial charge in [-0.05, 0) is 58.3 Å². The summed E-state index contributed by atoms with van der Waals surface area (Å²) in [4.78, 5) is 27.2. The van der Waals surface area contributed by atoms with Crippen LogP contribution in [0.3, 0.4) is 0 Å². The molecule has 0 saturated heterocycles. The molecule has 0 bridgehead atoms. The number of hydrogen-bond donors (Lipinski definition) is 1. The summed E-state index contributed by atoms with van der Waals surface area (Å²) in [5.74, 6) is 2.24. The van der Waals surface area contributed by atoms with Crippen molar-refractivity contribution in [2.24, 2.45) is 5.92 Å². The summed E-state index contributed by atoms with van der Waals surface area (Å²) in [6.07, 6.45) is 6.92. The molecule has 1 aromatic rings. The largest absolute Gasteiger partial charge is 0.360 e. The summed E-state index contributed by atoms with van der Waals surface area (Å²) >= 11 is 1.40. The van der Waals surface area contributed by atoms with Crippen molar-refractivity contribution in [1.82, 2.24) is 10.1 Å². The number of hydrogen-bond acceptors (Lipinski definition) is 5. The number of carbonyl (C=O) groups excluding carboxylic acids is 2. The second-order valence-corrected chi connectivity index (χ2v) is 9.04. The predicted molar refractivity (Wildman–Crippen MR) is 103 cm³/mol. The molecule has 0 radical (unpaired) electrons. The Hall–Kier alpha value is -1.50. The molecule has 2 amide bonds. The van der Waals surface area contributed by atoms with Crippen LogP contribution in [0.5, 0.6) is 0 Å². The Bertz CT molecular complexity index is 636. The highest BCUT2D eigenvalue weighted by Crippen LogP contribution is 2.35. The normalized spacial score (nSPS) is 24.1. The molecule has 0 aliphatic heterocycles. The van der Waals surface area contributed by atoms with Crippen molar-refractivity contribution in [1.29, 1.82) is 0 Å². The van der Waals surface area contributed by atoms with Gasteiger partial charge in [-0.15, -0.1) is 11.8 Å². The second-order valence-electron chi connectivity index (χ2n) is 7.71. The van der Waals surface area contributed by atoms with Crippen LogP contribution in [0.4, 0.5) is 5.82 Å². The number of aromatic nitrogens is 1. The molecule has 1 unspecified atom stereocenters. The van der Waals surface area contributed by atoms with Crippen molar-refractivity contribution >= 4 is 29.4 Å². The molecule has 3 rings (SSSR count). The van der Waals surface area contributed by atoms with Gasteiger partial charge in [-0.3, -0.25) is 9.59 Å². The summed E-state index contributed by atoms with van der Waals surface area (Å²) in [5.41, 5.74) is 0. The lowest BCUT2D eigenvalue weighted by Gasteiger charge is -2.36. The van der Waals surface area contributed by atoms with E-state index < -0.39 is 0 Å². The van der Waals surface area contributed by atoms with Crippen LogP contribution in [0.1, 0.15) is 58.1 Å². The molecule has 2 aliphatic carbocycles. The molecule has 0 aromatic carbocycles. The highest BCUT2D eigenvalue weighted by Gasteiger charge is 2.38. The highest BCUT2D eigenvalue weighted by atomic mass is 32.2. The minimum atomic E-state index is -0.316.